The Morgan fingerprint density at radius 2 is 1.92 bits per heavy atom. The molecule has 0 heterocycles. The number of aromatic hydroxyl groups is 1. The first-order chi connectivity index (χ1) is 5.82. The minimum atomic E-state index is -3.84. The molecule has 0 bridgehead atoms. The Balaban J connectivity index is 3.47. The van der Waals surface area contributed by atoms with E-state index in [0.717, 1.165) is 12.1 Å². The highest BCUT2D eigenvalue weighted by Gasteiger charge is 2.13. The third-order valence-electron chi connectivity index (χ3n) is 1.39. The average Bonchev–Trinajstić information content (AvgIpc) is 1.97. The lowest BCUT2D eigenvalue weighted by Crippen LogP contribution is -2.12. The third kappa shape index (κ3) is 2.03. The zero-order valence-electron chi connectivity index (χ0n) is 6.36. The van der Waals surface area contributed by atoms with E-state index in [2.05, 4.69) is 0 Å². The van der Waals surface area contributed by atoms with Crippen molar-refractivity contribution in [2.45, 2.75) is 4.90 Å². The summed E-state index contributed by atoms with van der Waals surface area (Å²) in [7, 11) is -3.84. The Hall–Kier alpha value is -0.980. The van der Waals surface area contributed by atoms with Crippen molar-refractivity contribution in [3.8, 4) is 5.75 Å². The number of rotatable bonds is 1. The average molecular weight is 223 g/mol. The van der Waals surface area contributed by atoms with E-state index in [4.69, 9.17) is 27.6 Å². The van der Waals surface area contributed by atoms with Gasteiger partial charge in [-0.3, -0.25) is 0 Å². The zero-order chi connectivity index (χ0) is 10.2. The van der Waals surface area contributed by atoms with Gasteiger partial charge in [0, 0.05) is 0 Å². The van der Waals surface area contributed by atoms with Crippen molar-refractivity contribution in [3.05, 3.63) is 17.2 Å². The van der Waals surface area contributed by atoms with E-state index in [1.54, 1.807) is 0 Å². The van der Waals surface area contributed by atoms with Crippen LogP contribution in [0.1, 0.15) is 0 Å². The van der Waals surface area contributed by atoms with Crippen LogP contribution in [0.4, 0.5) is 5.69 Å². The van der Waals surface area contributed by atoms with Crippen LogP contribution in [-0.2, 0) is 10.0 Å². The Kier molecular flexibility index (Phi) is 2.38. The van der Waals surface area contributed by atoms with E-state index in [1.165, 1.54) is 0 Å². The molecule has 13 heavy (non-hydrogen) atoms. The van der Waals surface area contributed by atoms with Gasteiger partial charge < -0.3 is 10.8 Å². The first-order valence-electron chi connectivity index (χ1n) is 3.13. The summed E-state index contributed by atoms with van der Waals surface area (Å²) in [5.74, 6) is -0.353. The standard InChI is InChI=1S/C6H7ClN2O3S/c7-4-1-3(13(9,11)12)2-5(8)6(4)10/h1-2,10H,8H2,(H2,9,11,12). The zero-order valence-corrected chi connectivity index (χ0v) is 7.93. The van der Waals surface area contributed by atoms with Crippen molar-refractivity contribution in [2.75, 3.05) is 5.73 Å². The molecular weight excluding hydrogens is 216 g/mol. The molecule has 0 aliphatic carbocycles. The second-order valence-electron chi connectivity index (χ2n) is 2.39. The van der Waals surface area contributed by atoms with Crippen LogP contribution in [-0.4, -0.2) is 13.5 Å². The maximum absolute atomic E-state index is 10.8. The molecule has 0 aliphatic heterocycles. The van der Waals surface area contributed by atoms with Crippen molar-refractivity contribution in [3.63, 3.8) is 0 Å². The fourth-order valence-electron chi connectivity index (χ4n) is 0.759. The highest BCUT2D eigenvalue weighted by atomic mass is 35.5. The molecule has 0 spiro atoms. The maximum Gasteiger partial charge on any atom is 0.238 e. The van der Waals surface area contributed by atoms with E-state index in [1.807, 2.05) is 0 Å². The van der Waals surface area contributed by atoms with Crippen LogP contribution >= 0.6 is 11.6 Å². The van der Waals surface area contributed by atoms with Gasteiger partial charge in [-0.2, -0.15) is 0 Å². The molecule has 0 amide bonds. The number of phenolic OH excluding ortho intramolecular Hbond substituents is 1. The summed E-state index contributed by atoms with van der Waals surface area (Å²) in [5, 5.41) is 13.8. The van der Waals surface area contributed by atoms with Crippen molar-refractivity contribution < 1.29 is 13.5 Å². The van der Waals surface area contributed by atoms with Gasteiger partial charge in [0.05, 0.1) is 15.6 Å². The number of hydrogen-bond acceptors (Lipinski definition) is 4. The molecule has 5 nitrogen and oxygen atoms in total. The molecule has 0 saturated heterocycles. The summed E-state index contributed by atoms with van der Waals surface area (Å²) in [6.07, 6.45) is 0. The predicted octanol–water partition coefficient (Wildman–Crippen LogP) is 0.275. The SMILES string of the molecule is Nc1cc(S(N)(=O)=O)cc(Cl)c1O. The van der Waals surface area contributed by atoms with Crippen LogP contribution in [0.3, 0.4) is 0 Å². The Morgan fingerprint density at radius 3 is 2.31 bits per heavy atom. The second kappa shape index (κ2) is 3.06. The molecule has 0 aliphatic rings. The predicted molar refractivity (Wildman–Crippen MR) is 48.9 cm³/mol. The summed E-state index contributed by atoms with van der Waals surface area (Å²) in [4.78, 5) is -0.229. The lowest BCUT2D eigenvalue weighted by Gasteiger charge is -2.03. The van der Waals surface area contributed by atoms with Gasteiger partial charge >= 0.3 is 0 Å². The lowest BCUT2D eigenvalue weighted by molar-refractivity contribution is 0.478. The van der Waals surface area contributed by atoms with Gasteiger partial charge in [0.15, 0.2) is 5.75 Å². The van der Waals surface area contributed by atoms with E-state index < -0.39 is 10.0 Å². The molecule has 0 saturated carbocycles. The number of benzene rings is 1. The van der Waals surface area contributed by atoms with Gasteiger partial charge in [0.25, 0.3) is 0 Å². The molecule has 1 aromatic carbocycles. The molecule has 72 valence electrons. The number of hydrogen-bond donors (Lipinski definition) is 3. The summed E-state index contributed by atoms with van der Waals surface area (Å²) < 4.78 is 21.7. The number of sulfonamides is 1. The molecular formula is C6H7ClN2O3S. The number of nitrogen functional groups attached to an aromatic ring is 1. The van der Waals surface area contributed by atoms with Gasteiger partial charge in [-0.25, -0.2) is 13.6 Å². The summed E-state index contributed by atoms with van der Waals surface area (Å²) >= 11 is 5.48. The van der Waals surface area contributed by atoms with Crippen molar-refractivity contribution in [1.82, 2.24) is 0 Å². The first kappa shape index (κ1) is 10.1. The van der Waals surface area contributed by atoms with Crippen molar-refractivity contribution in [2.24, 2.45) is 5.14 Å². The molecule has 0 aromatic heterocycles. The summed E-state index contributed by atoms with van der Waals surface area (Å²) in [6.45, 7) is 0. The van der Waals surface area contributed by atoms with Gasteiger partial charge in [-0.05, 0) is 12.1 Å². The molecule has 0 radical (unpaired) electrons. The molecule has 0 fully saturated rings. The highest BCUT2D eigenvalue weighted by molar-refractivity contribution is 7.89. The Morgan fingerprint density at radius 1 is 1.38 bits per heavy atom. The third-order valence-corrected chi connectivity index (χ3v) is 2.58. The molecule has 1 rings (SSSR count). The number of halogens is 1. The van der Waals surface area contributed by atoms with Gasteiger partial charge in [0.2, 0.25) is 10.0 Å². The maximum atomic E-state index is 10.8. The normalized spacial score (nSPS) is 11.5. The molecule has 0 unspecified atom stereocenters. The Labute approximate surface area is 80.0 Å². The van der Waals surface area contributed by atoms with E-state index >= 15 is 0 Å². The minimum absolute atomic E-state index is 0.128. The molecule has 5 N–H and O–H groups in total. The van der Waals surface area contributed by atoms with Gasteiger partial charge in [-0.15, -0.1) is 0 Å². The monoisotopic (exact) mass is 222 g/mol. The Bertz CT molecular complexity index is 420. The van der Waals surface area contributed by atoms with Gasteiger partial charge in [0.1, 0.15) is 0 Å². The van der Waals surface area contributed by atoms with Crippen molar-refractivity contribution >= 4 is 27.3 Å². The topological polar surface area (TPSA) is 106 Å². The van der Waals surface area contributed by atoms with Crippen LogP contribution in [0.5, 0.6) is 5.75 Å². The van der Waals surface area contributed by atoms with E-state index in [0.29, 0.717) is 0 Å². The van der Waals surface area contributed by atoms with Crippen LogP contribution < -0.4 is 10.9 Å². The molecule has 1 aromatic rings. The second-order valence-corrected chi connectivity index (χ2v) is 4.36. The van der Waals surface area contributed by atoms with E-state index in [-0.39, 0.29) is 21.4 Å². The van der Waals surface area contributed by atoms with Crippen LogP contribution in [0, 0.1) is 0 Å². The number of anilines is 1. The fourth-order valence-corrected chi connectivity index (χ4v) is 1.62. The van der Waals surface area contributed by atoms with E-state index in [9.17, 15) is 8.42 Å². The largest absolute Gasteiger partial charge is 0.504 e. The lowest BCUT2D eigenvalue weighted by atomic mass is 10.3. The first-order valence-corrected chi connectivity index (χ1v) is 5.05. The fraction of sp³-hybridized carbons (Fsp3) is 0. The number of nitrogens with two attached hydrogens (primary N) is 2. The molecule has 7 heteroatoms. The van der Waals surface area contributed by atoms with Crippen LogP contribution in [0.25, 0.3) is 0 Å². The van der Waals surface area contributed by atoms with Crippen LogP contribution in [0.15, 0.2) is 17.0 Å². The summed E-state index contributed by atoms with van der Waals surface area (Å²) in [5.41, 5.74) is 5.14. The van der Waals surface area contributed by atoms with Gasteiger partial charge in [-0.1, -0.05) is 11.6 Å². The summed E-state index contributed by atoms with van der Waals surface area (Å²) in [6, 6.07) is 2.07. The highest BCUT2D eigenvalue weighted by Crippen LogP contribution is 2.31. The van der Waals surface area contributed by atoms with Crippen LogP contribution in [0.2, 0.25) is 5.02 Å². The number of primary sulfonamides is 1. The number of phenols is 1. The minimum Gasteiger partial charge on any atom is -0.504 e. The smallest absolute Gasteiger partial charge is 0.238 e. The van der Waals surface area contributed by atoms with Crippen molar-refractivity contribution in [1.29, 1.82) is 0 Å². The quantitative estimate of drug-likeness (QED) is 0.469. The molecule has 0 atom stereocenters.